The van der Waals surface area contributed by atoms with Crippen LogP contribution in [0.25, 0.3) is 0 Å². The van der Waals surface area contributed by atoms with Gasteiger partial charge in [-0.3, -0.25) is 0 Å². The molecule has 0 atom stereocenters. The van der Waals surface area contributed by atoms with Gasteiger partial charge in [-0.25, -0.2) is 21.9 Å². The molecule has 0 heterocycles. The fourth-order valence-corrected chi connectivity index (χ4v) is 3.73. The fraction of sp³-hybridized carbons (Fsp3) is 0.538. The van der Waals surface area contributed by atoms with E-state index in [0.29, 0.717) is 12.2 Å². The lowest BCUT2D eigenvalue weighted by molar-refractivity contribution is -0.0687. The molecule has 0 radical (unpaired) electrons. The van der Waals surface area contributed by atoms with Crippen LogP contribution in [0, 0.1) is 0 Å². The smallest absolute Gasteiger partial charge is 0.250 e. The van der Waals surface area contributed by atoms with Gasteiger partial charge in [0, 0.05) is 19.4 Å². The molecule has 0 bridgehead atoms. The molecule has 1 aromatic rings. The average molecular weight is 305 g/mol. The van der Waals surface area contributed by atoms with Gasteiger partial charge in [0.05, 0.1) is 12.4 Å². The topological polar surface area (TPSA) is 55.4 Å². The number of halogens is 2. The molecule has 0 saturated heterocycles. The molecule has 0 amide bonds. The minimum atomic E-state index is -3.66. The predicted molar refractivity (Wildman–Crippen MR) is 71.6 cm³/mol. The van der Waals surface area contributed by atoms with E-state index in [2.05, 4.69) is 4.72 Å². The molecular formula is C13H17F2NO3S. The molecule has 1 aromatic carbocycles. The van der Waals surface area contributed by atoms with Gasteiger partial charge in [-0.15, -0.1) is 0 Å². The Labute approximate surface area is 117 Å². The first kappa shape index (κ1) is 15.2. The number of ether oxygens (including phenoxy) is 1. The Bertz CT molecular complexity index is 567. The second-order valence-electron chi connectivity index (χ2n) is 4.89. The molecule has 112 valence electrons. The van der Waals surface area contributed by atoms with E-state index in [1.165, 1.54) is 0 Å². The number of para-hydroxylation sites is 1. The van der Waals surface area contributed by atoms with E-state index in [0.717, 1.165) is 5.56 Å². The Morgan fingerprint density at radius 2 is 2.00 bits per heavy atom. The maximum absolute atomic E-state index is 12.7. The van der Waals surface area contributed by atoms with Crippen molar-refractivity contribution in [3.8, 4) is 5.75 Å². The van der Waals surface area contributed by atoms with Gasteiger partial charge in [0.25, 0.3) is 5.92 Å². The largest absolute Gasteiger partial charge is 0.496 e. The van der Waals surface area contributed by atoms with Gasteiger partial charge in [0.1, 0.15) is 5.75 Å². The van der Waals surface area contributed by atoms with Crippen molar-refractivity contribution in [1.29, 1.82) is 0 Å². The van der Waals surface area contributed by atoms with Crippen molar-refractivity contribution in [2.45, 2.75) is 30.4 Å². The summed E-state index contributed by atoms with van der Waals surface area (Å²) in [5.41, 5.74) is 0.872. The van der Waals surface area contributed by atoms with Gasteiger partial charge in [0.15, 0.2) is 0 Å². The number of hydrogen-bond donors (Lipinski definition) is 1. The lowest BCUT2D eigenvalue weighted by Gasteiger charge is -2.34. The van der Waals surface area contributed by atoms with Crippen LogP contribution in [0.15, 0.2) is 24.3 Å². The predicted octanol–water partition coefficient (Wildman–Crippen LogP) is 1.95. The van der Waals surface area contributed by atoms with Crippen LogP contribution in [0.3, 0.4) is 0 Å². The number of benzene rings is 1. The number of rotatable bonds is 6. The third-order valence-corrected chi connectivity index (χ3v) is 5.20. The summed E-state index contributed by atoms with van der Waals surface area (Å²) in [5, 5.41) is -0.977. The van der Waals surface area contributed by atoms with Gasteiger partial charge in [0.2, 0.25) is 10.0 Å². The lowest BCUT2D eigenvalue weighted by atomic mass is 9.94. The summed E-state index contributed by atoms with van der Waals surface area (Å²) in [5.74, 6) is -2.15. The first-order valence-corrected chi connectivity index (χ1v) is 7.87. The summed E-state index contributed by atoms with van der Waals surface area (Å²) in [6, 6.07) is 7.28. The second-order valence-corrected chi connectivity index (χ2v) is 6.93. The van der Waals surface area contributed by atoms with Crippen molar-refractivity contribution < 1.29 is 21.9 Å². The van der Waals surface area contributed by atoms with Crippen LogP contribution in [-0.2, 0) is 16.4 Å². The molecular weight excluding hydrogens is 288 g/mol. The molecule has 1 fully saturated rings. The fourth-order valence-electron chi connectivity index (χ4n) is 2.18. The summed E-state index contributed by atoms with van der Waals surface area (Å²) in [6.07, 6.45) is -0.722. The molecule has 0 spiro atoms. The van der Waals surface area contributed by atoms with Crippen LogP contribution in [0.1, 0.15) is 18.4 Å². The zero-order valence-electron chi connectivity index (χ0n) is 11.1. The van der Waals surface area contributed by atoms with Crippen LogP contribution in [-0.4, -0.2) is 33.2 Å². The van der Waals surface area contributed by atoms with Crippen molar-refractivity contribution in [2.75, 3.05) is 13.7 Å². The molecule has 0 aliphatic heterocycles. The highest BCUT2D eigenvalue weighted by Crippen LogP contribution is 2.40. The maximum Gasteiger partial charge on any atom is 0.250 e. The Balaban J connectivity index is 1.87. The number of methoxy groups -OCH3 is 1. The molecule has 0 aromatic heterocycles. The molecule has 4 nitrogen and oxygen atoms in total. The van der Waals surface area contributed by atoms with E-state index >= 15 is 0 Å². The van der Waals surface area contributed by atoms with E-state index in [9.17, 15) is 17.2 Å². The standard InChI is InChI=1S/C13H17F2NO3S/c1-19-12-5-3-2-4-10(12)6-7-16-20(17,18)11-8-13(14,15)9-11/h2-5,11,16H,6-9H2,1H3. The molecule has 1 N–H and O–H groups in total. The third kappa shape index (κ3) is 3.46. The molecule has 1 aliphatic carbocycles. The Morgan fingerprint density at radius 3 is 2.60 bits per heavy atom. The van der Waals surface area contributed by atoms with Crippen molar-refractivity contribution >= 4 is 10.0 Å². The minimum absolute atomic E-state index is 0.171. The monoisotopic (exact) mass is 305 g/mol. The zero-order valence-corrected chi connectivity index (χ0v) is 11.9. The van der Waals surface area contributed by atoms with Crippen molar-refractivity contribution in [3.05, 3.63) is 29.8 Å². The molecule has 1 aliphatic rings. The van der Waals surface area contributed by atoms with Gasteiger partial charge >= 0.3 is 0 Å². The number of hydrogen-bond acceptors (Lipinski definition) is 3. The van der Waals surface area contributed by atoms with Gasteiger partial charge in [-0.05, 0) is 18.1 Å². The summed E-state index contributed by atoms with van der Waals surface area (Å²) in [7, 11) is -2.11. The number of alkyl halides is 2. The lowest BCUT2D eigenvalue weighted by Crippen LogP contribution is -2.49. The second kappa shape index (κ2) is 5.65. The quantitative estimate of drug-likeness (QED) is 0.874. The van der Waals surface area contributed by atoms with Gasteiger partial charge in [-0.2, -0.15) is 0 Å². The Kier molecular flexibility index (Phi) is 4.29. The highest BCUT2D eigenvalue weighted by Gasteiger charge is 2.51. The summed E-state index contributed by atoms with van der Waals surface area (Å²) >= 11 is 0. The van der Waals surface area contributed by atoms with E-state index in [4.69, 9.17) is 4.74 Å². The van der Waals surface area contributed by atoms with Crippen LogP contribution in [0.5, 0.6) is 5.75 Å². The SMILES string of the molecule is COc1ccccc1CCNS(=O)(=O)C1CC(F)(F)C1. The average Bonchev–Trinajstić information content (AvgIpc) is 2.36. The summed E-state index contributed by atoms with van der Waals surface area (Å²) < 4.78 is 56.5. The summed E-state index contributed by atoms with van der Waals surface area (Å²) in [6.45, 7) is 0.171. The summed E-state index contributed by atoms with van der Waals surface area (Å²) in [4.78, 5) is 0. The highest BCUT2D eigenvalue weighted by molar-refractivity contribution is 7.90. The van der Waals surface area contributed by atoms with E-state index in [1.807, 2.05) is 18.2 Å². The number of nitrogens with one attached hydrogen (secondary N) is 1. The highest BCUT2D eigenvalue weighted by atomic mass is 32.2. The zero-order chi connectivity index (χ0) is 14.8. The first-order valence-electron chi connectivity index (χ1n) is 6.32. The number of sulfonamides is 1. The Morgan fingerprint density at radius 1 is 1.35 bits per heavy atom. The van der Waals surface area contributed by atoms with Crippen molar-refractivity contribution in [2.24, 2.45) is 0 Å². The van der Waals surface area contributed by atoms with E-state index in [1.54, 1.807) is 13.2 Å². The van der Waals surface area contributed by atoms with Gasteiger partial charge < -0.3 is 4.74 Å². The van der Waals surface area contributed by atoms with Gasteiger partial charge in [-0.1, -0.05) is 18.2 Å². The Hall–Kier alpha value is -1.21. The first-order chi connectivity index (χ1) is 9.34. The van der Waals surface area contributed by atoms with Crippen LogP contribution < -0.4 is 9.46 Å². The van der Waals surface area contributed by atoms with E-state index in [-0.39, 0.29) is 6.54 Å². The molecule has 20 heavy (non-hydrogen) atoms. The molecule has 1 saturated carbocycles. The van der Waals surface area contributed by atoms with Crippen molar-refractivity contribution in [3.63, 3.8) is 0 Å². The van der Waals surface area contributed by atoms with Crippen LogP contribution in [0.2, 0.25) is 0 Å². The molecule has 2 rings (SSSR count). The van der Waals surface area contributed by atoms with E-state index < -0.39 is 34.0 Å². The van der Waals surface area contributed by atoms with Crippen LogP contribution in [0.4, 0.5) is 8.78 Å². The third-order valence-electron chi connectivity index (χ3n) is 3.38. The van der Waals surface area contributed by atoms with Crippen molar-refractivity contribution in [1.82, 2.24) is 4.72 Å². The normalized spacial score (nSPS) is 18.6. The molecule has 0 unspecified atom stereocenters. The molecule has 7 heteroatoms. The minimum Gasteiger partial charge on any atom is -0.496 e. The van der Waals surface area contributed by atoms with Crippen LogP contribution >= 0.6 is 0 Å². The maximum atomic E-state index is 12.7.